The second-order valence-corrected chi connectivity index (χ2v) is 51.8. The number of para-hydroxylation sites is 2. The molecule has 4 saturated heterocycles. The molecule has 142 heavy (non-hydrogen) atoms. The fraction of sp³-hybridized carbons (Fsp3) is 0.508. The number of aldehydes is 2. The van der Waals surface area contributed by atoms with Crippen LogP contribution in [0.15, 0.2) is 161 Å². The number of hydrogen-bond acceptors (Lipinski definition) is 17. The Morgan fingerprint density at radius 2 is 0.711 bits per heavy atom. The van der Waals surface area contributed by atoms with Crippen LogP contribution in [0.2, 0.25) is 0 Å². The number of ketones is 3. The first kappa shape index (κ1) is 121. The van der Waals surface area contributed by atoms with Gasteiger partial charge in [-0.15, -0.1) is 32.9 Å². The van der Waals surface area contributed by atoms with Gasteiger partial charge in [-0.25, -0.2) is 9.97 Å². The number of rotatable bonds is 2. The minimum atomic E-state index is -0.361. The van der Waals surface area contributed by atoms with E-state index < -0.39 is 0 Å². The molecule has 2 saturated carbocycles. The van der Waals surface area contributed by atoms with Crippen molar-refractivity contribution in [3.63, 3.8) is 0 Å². The van der Waals surface area contributed by atoms with Crippen LogP contribution in [0.3, 0.4) is 0 Å². The average molecular weight is 2240 g/mol. The minimum absolute atomic E-state index is 0.0271. The third-order valence-corrected chi connectivity index (χ3v) is 32.4. The van der Waals surface area contributed by atoms with Crippen molar-refractivity contribution in [1.29, 1.82) is 0 Å². The summed E-state index contributed by atoms with van der Waals surface area (Å²) in [7, 11) is 5.21. The molecule has 0 unspecified atom stereocenters. The predicted molar refractivity (Wildman–Crippen MR) is 603 cm³/mol. The maximum atomic E-state index is 12.7. The molecule has 24 rings (SSSR count). The molecule has 8 aromatic rings. The number of hydrogen-bond donors (Lipinski definition) is 2. The Bertz CT molecular complexity index is 5800. The molecule has 771 valence electrons. The van der Waals surface area contributed by atoms with Crippen molar-refractivity contribution < 1.29 is 62.0 Å². The van der Waals surface area contributed by atoms with Crippen LogP contribution >= 0.6 is 63.2 Å². The first-order valence-corrected chi connectivity index (χ1v) is 61.0. The van der Waals surface area contributed by atoms with Gasteiger partial charge in [0.05, 0.1) is 44.1 Å². The van der Waals surface area contributed by atoms with Crippen LogP contribution in [0.5, 0.6) is 23.0 Å². The molecule has 8 aliphatic heterocycles. The molecule has 0 radical (unpaired) electrons. The predicted octanol–water partition coefficient (Wildman–Crippen LogP) is 27.2. The molecule has 2 N–H and O–H groups in total. The van der Waals surface area contributed by atoms with E-state index in [2.05, 4.69) is 310 Å². The van der Waals surface area contributed by atoms with Crippen molar-refractivity contribution >= 4 is 125 Å². The van der Waals surface area contributed by atoms with Crippen molar-refractivity contribution in [2.75, 3.05) is 40.3 Å². The molecular formula is C120H162Cl2I2N6O11V. The van der Waals surface area contributed by atoms with E-state index in [1.807, 2.05) is 76.2 Å². The number of aryl methyl sites for hydroxylation is 6. The molecule has 2 aromatic heterocycles. The molecule has 4 spiro atoms. The van der Waals surface area contributed by atoms with E-state index in [9.17, 15) is 24.0 Å². The number of fused-ring (bicyclic) bond motifs is 6. The summed E-state index contributed by atoms with van der Waals surface area (Å²) in [5.74, 6) is 5.18. The summed E-state index contributed by atoms with van der Waals surface area (Å²) in [6.45, 7) is 76.5. The Morgan fingerprint density at radius 3 is 1.04 bits per heavy atom. The van der Waals surface area contributed by atoms with Crippen LogP contribution in [0.4, 0.5) is 0 Å². The zero-order chi connectivity index (χ0) is 107. The SMILES string of the molecule is C=C.C=C.C=CC.C=CC=O.C=CC=O.CC.CC.CC.CC.CC.CC(=O)Cl.CC(=O)Cl.CC(C)=O.Cc1ccc2c3c1O[C@H]1C(=O)CC[C@@]4(C)[C@@H](C2)N(C)CC[C@]314.Cc1ccc2c3c1O[C@H]1C(=O)CC[C@@]4(C)[C@@H](C2)NCC[C@]314.Cc1ccc2c3c1O[C@H]1c4nc5ccccc5c(C)c4C[C@@]4(C)[C@@H](C2)N(C)CC[C@]314.Cc1ccc2c3c1O[C@H]1c4nc5ccccc5c(C)c4C[C@@]4(C)[C@@H](C2)NCC[C@]314.[I][V][I]. The average Bonchev–Trinajstić information content (AvgIpc) is 1.54. The van der Waals surface area contributed by atoms with Gasteiger partial charge in [0.1, 0.15) is 41.4 Å². The molecule has 6 aromatic carbocycles. The summed E-state index contributed by atoms with van der Waals surface area (Å²) in [6.07, 6.45) is 19.3. The number of likely N-dealkylation sites (tertiary alicyclic amines) is 2. The van der Waals surface area contributed by atoms with Gasteiger partial charge in [-0.3, -0.25) is 28.8 Å². The third-order valence-electron chi connectivity index (χ3n) is 32.4. The van der Waals surface area contributed by atoms with Gasteiger partial charge >= 0.3 is 49.4 Å². The molecule has 8 bridgehead atoms. The monoisotopic (exact) mass is 2240 g/mol. The second-order valence-electron chi connectivity index (χ2n) is 38.9. The fourth-order valence-corrected chi connectivity index (χ4v) is 26.9. The zero-order valence-electron chi connectivity index (χ0n) is 90.2. The maximum absolute atomic E-state index is 12.7. The number of Topliss-reactive ketones (excluding diaryl/α,β-unsaturated/α-hetero) is 3. The Hall–Kier alpha value is -7.81. The van der Waals surface area contributed by atoms with E-state index in [0.717, 1.165) is 137 Å². The van der Waals surface area contributed by atoms with E-state index in [0.29, 0.717) is 70.6 Å². The van der Waals surface area contributed by atoms with Crippen LogP contribution in [0.25, 0.3) is 21.8 Å². The number of carbonyl (C=O) groups is 7. The summed E-state index contributed by atoms with van der Waals surface area (Å²) in [4.78, 5) is 87.0. The number of likely N-dealkylation sites (N-methyl/N-ethyl adjacent to an activating group) is 2. The first-order valence-electron chi connectivity index (χ1n) is 51.2. The molecule has 10 heterocycles. The van der Waals surface area contributed by atoms with Crippen molar-refractivity contribution in [2.24, 2.45) is 21.7 Å². The van der Waals surface area contributed by atoms with E-state index in [4.69, 9.17) is 38.5 Å². The Labute approximate surface area is 890 Å². The van der Waals surface area contributed by atoms with Gasteiger partial charge < -0.3 is 44.2 Å². The van der Waals surface area contributed by atoms with E-state index >= 15 is 0 Å². The summed E-state index contributed by atoms with van der Waals surface area (Å²) in [5.41, 5.74) is 27.3. The first-order chi connectivity index (χ1) is 67.9. The topological polar surface area (TPSA) is 213 Å². The summed E-state index contributed by atoms with van der Waals surface area (Å²) >= 11 is 14.0. The van der Waals surface area contributed by atoms with Crippen LogP contribution in [0, 0.1) is 63.2 Å². The Balaban J connectivity index is 0.000000230. The second kappa shape index (κ2) is 52.2. The number of piperidine rings is 4. The molecule has 17 nitrogen and oxygen atoms in total. The van der Waals surface area contributed by atoms with E-state index in [1.54, 1.807) is 6.08 Å². The number of halogens is 4. The van der Waals surface area contributed by atoms with Gasteiger partial charge in [0.25, 0.3) is 0 Å². The number of carbonyl (C=O) groups excluding carboxylic acids is 7. The van der Waals surface area contributed by atoms with Crippen molar-refractivity contribution in [2.45, 2.75) is 333 Å². The van der Waals surface area contributed by atoms with Crippen LogP contribution in [-0.2, 0) is 103 Å². The van der Waals surface area contributed by atoms with Gasteiger partial charge in [0.15, 0.2) is 36.0 Å². The Kier molecular flexibility index (Phi) is 44.5. The van der Waals surface area contributed by atoms with Gasteiger partial charge in [0.2, 0.25) is 10.5 Å². The van der Waals surface area contributed by atoms with Gasteiger partial charge in [-0.2, -0.15) is 0 Å². The number of allylic oxidation sites excluding steroid dienone is 3. The number of pyridine rings is 2. The molecule has 0 amide bonds. The van der Waals surface area contributed by atoms with E-state index in [1.165, 1.54) is 151 Å². The Morgan fingerprint density at radius 1 is 0.444 bits per heavy atom. The summed E-state index contributed by atoms with van der Waals surface area (Å²) in [6, 6.07) is 37.4. The quantitative estimate of drug-likeness (QED) is 0.0541. The molecule has 6 fully saturated rings. The number of nitrogens with one attached hydrogen (secondary N) is 2. The standard InChI is InChI=1S/C27H28N2O.C26H26N2O.C19H23NO2.C18H21NO2.C3H6O.2C3H4O.C3H6.2C2H3ClO.5C2H6.2C2H4.2HI.V/c1-15-9-10-17-13-21-26(3)14-19-16(2)18-7-5-6-8-20(18)28-23(19)25-27(26,11-12-29(21)4)22(17)24(15)30-25;1-14-8-9-16-12-20-25(3)13-18-15(2)17-6-4-5-7-19(17)28-22(18)24-26(25,10-11-27-20)21(16)23(14)29-24;1-11-4-5-12-10-14-18(2)7-6-13(21)17-19(18,8-9-20(14)3)15(12)16(11)22-17;1-10-3-4-11-9-13-17(2)6-5-12(20)16-18(17,7-8-19-13)14(11)15(10)21-16;1-3(2)4;2*1-2-3-4;1-3-2;2*1-2(3)4;7*1-2;;;/h5-10,21,25H,11-14H2,1-4H3;4-9,20,24,27H,10-13H2,1-3H3;4-5,14,17H,6-10H2,1-3H3;3-4,13,16,19H,5-9H2,1-2H3;1-2H3;2*2-3H,1H2;3H,1H2,2H3;2*1H3;5*1-2H3;2*1-2H2;2*1H;/q;;;;;;;;;;;;;;;;;;;+2/p-2/t21-,25+,26+,27+;20-,24+,25+,26+;14-,17+,18+,19+;13-,16+,17+,18+;;;;;;;;;;;;;;;;/m1111................/s1. The van der Waals surface area contributed by atoms with Gasteiger partial charge in [0, 0.05) is 94.7 Å². The van der Waals surface area contributed by atoms with Crippen molar-refractivity contribution in [3.05, 3.63) is 262 Å². The number of benzene rings is 6. The molecular weight excluding hydrogens is 2080 g/mol. The number of nitrogens with zero attached hydrogens (tertiary/aromatic N) is 4. The van der Waals surface area contributed by atoms with Crippen LogP contribution in [-0.4, -0.2) is 137 Å². The van der Waals surface area contributed by atoms with Crippen molar-refractivity contribution in [3.8, 4) is 23.0 Å². The normalized spacial score (nSPS) is 27.9. The van der Waals surface area contributed by atoms with Crippen molar-refractivity contribution in [1.82, 2.24) is 30.4 Å². The number of ether oxygens (including phenoxy) is 4. The molecule has 16 atom stereocenters. The number of aromatic nitrogens is 2. The van der Waals surface area contributed by atoms with Crippen LogP contribution in [0.1, 0.15) is 296 Å². The zero-order valence-corrected chi connectivity index (χ0v) is 97.4. The third kappa shape index (κ3) is 21.1. The van der Waals surface area contributed by atoms with Gasteiger partial charge in [-0.05, 0) is 305 Å². The molecule has 8 aliphatic carbocycles. The van der Waals surface area contributed by atoms with Crippen LogP contribution < -0.4 is 29.6 Å². The molecule has 16 aliphatic rings. The fourth-order valence-electron chi connectivity index (χ4n) is 26.9. The van der Waals surface area contributed by atoms with E-state index in [-0.39, 0.29) is 84.0 Å². The van der Waals surface area contributed by atoms with Gasteiger partial charge in [-0.1, -0.05) is 201 Å². The molecule has 22 heteroatoms. The summed E-state index contributed by atoms with van der Waals surface area (Å²) < 4.78 is 26.5. The summed E-state index contributed by atoms with van der Waals surface area (Å²) in [5, 5.41) is 9.48.